The first kappa shape index (κ1) is 18.4. The highest BCUT2D eigenvalue weighted by Crippen LogP contribution is 2.53. The summed E-state index contributed by atoms with van der Waals surface area (Å²) in [5.41, 5.74) is 1.80. The molecule has 0 unspecified atom stereocenters. The van der Waals surface area contributed by atoms with Gasteiger partial charge < -0.3 is 9.64 Å². The summed E-state index contributed by atoms with van der Waals surface area (Å²) in [5.74, 6) is 0.939. The maximum atomic E-state index is 13.5. The number of rotatable bonds is 3. The molecular weight excluding hydrogens is 358 g/mol. The highest BCUT2D eigenvalue weighted by atomic mass is 35.5. The molecule has 0 aromatic heterocycles. The SMILES string of the molecule is COc1ccccc1C(=O)N1CC[C@]2(Cl)CCCC[C@@H]2[C@@H]1c1ccccc1. The van der Waals surface area contributed by atoms with E-state index < -0.39 is 0 Å². The van der Waals surface area contributed by atoms with Gasteiger partial charge in [-0.05, 0) is 37.0 Å². The summed E-state index contributed by atoms with van der Waals surface area (Å²) in [7, 11) is 1.61. The fraction of sp³-hybridized carbons (Fsp3) is 0.435. The molecule has 1 saturated heterocycles. The van der Waals surface area contributed by atoms with Gasteiger partial charge in [-0.25, -0.2) is 0 Å². The number of methoxy groups -OCH3 is 1. The summed E-state index contributed by atoms with van der Waals surface area (Å²) in [6, 6.07) is 17.9. The van der Waals surface area contributed by atoms with Crippen LogP contribution in [-0.4, -0.2) is 29.3 Å². The minimum Gasteiger partial charge on any atom is -0.496 e. The van der Waals surface area contributed by atoms with Gasteiger partial charge >= 0.3 is 0 Å². The molecule has 1 saturated carbocycles. The van der Waals surface area contributed by atoms with Crippen LogP contribution in [-0.2, 0) is 0 Å². The Kier molecular flexibility index (Phi) is 5.14. The maximum absolute atomic E-state index is 13.5. The van der Waals surface area contributed by atoms with Gasteiger partial charge in [0.05, 0.1) is 23.6 Å². The molecule has 1 aliphatic heterocycles. The lowest BCUT2D eigenvalue weighted by molar-refractivity contribution is 0.0277. The first-order valence-corrected chi connectivity index (χ1v) is 10.2. The number of amides is 1. The number of para-hydroxylation sites is 1. The van der Waals surface area contributed by atoms with Gasteiger partial charge in [-0.1, -0.05) is 55.3 Å². The molecule has 4 heteroatoms. The Bertz CT molecular complexity index is 809. The van der Waals surface area contributed by atoms with Crippen molar-refractivity contribution in [1.29, 1.82) is 0 Å². The van der Waals surface area contributed by atoms with Crippen LogP contribution in [0.4, 0.5) is 0 Å². The second-order valence-corrected chi connectivity index (χ2v) is 8.44. The standard InChI is InChI=1S/C23H26ClNO2/c1-27-20-13-6-5-11-18(20)22(26)25-16-15-23(24)14-8-7-12-19(23)21(25)17-9-3-2-4-10-17/h2-6,9-11,13,19,21H,7-8,12,14-16H2,1H3/t19-,21+,23-/m1/s1. The third kappa shape index (κ3) is 3.34. The Morgan fingerprint density at radius 3 is 2.59 bits per heavy atom. The number of fused-ring (bicyclic) bond motifs is 1. The van der Waals surface area contributed by atoms with Crippen LogP contribution in [0.3, 0.4) is 0 Å². The predicted molar refractivity (Wildman–Crippen MR) is 108 cm³/mol. The van der Waals surface area contributed by atoms with E-state index >= 15 is 0 Å². The lowest BCUT2D eigenvalue weighted by Gasteiger charge is -2.52. The van der Waals surface area contributed by atoms with Gasteiger partial charge in [-0.15, -0.1) is 11.6 Å². The number of hydrogen-bond donors (Lipinski definition) is 0. The zero-order valence-electron chi connectivity index (χ0n) is 15.7. The van der Waals surface area contributed by atoms with Gasteiger partial charge in [0, 0.05) is 12.5 Å². The lowest BCUT2D eigenvalue weighted by atomic mass is 9.68. The molecule has 142 valence electrons. The molecule has 1 amide bonds. The van der Waals surface area contributed by atoms with Crippen molar-refractivity contribution in [2.24, 2.45) is 5.92 Å². The molecule has 1 heterocycles. The Labute approximate surface area is 166 Å². The van der Waals surface area contributed by atoms with Crippen LogP contribution in [0.15, 0.2) is 54.6 Å². The molecule has 0 bridgehead atoms. The van der Waals surface area contributed by atoms with Crippen LogP contribution in [0.25, 0.3) is 0 Å². The fourth-order valence-corrected chi connectivity index (χ4v) is 5.35. The van der Waals surface area contributed by atoms with Crippen molar-refractivity contribution in [3.05, 3.63) is 65.7 Å². The van der Waals surface area contributed by atoms with Crippen molar-refractivity contribution in [2.45, 2.75) is 43.0 Å². The maximum Gasteiger partial charge on any atom is 0.258 e. The van der Waals surface area contributed by atoms with Crippen LogP contribution in [0.1, 0.15) is 54.1 Å². The summed E-state index contributed by atoms with van der Waals surface area (Å²) in [6.45, 7) is 0.677. The first-order chi connectivity index (χ1) is 13.1. The van der Waals surface area contributed by atoms with E-state index in [1.165, 1.54) is 18.4 Å². The molecule has 3 nitrogen and oxygen atoms in total. The minimum atomic E-state index is -0.198. The molecule has 0 spiro atoms. The highest BCUT2D eigenvalue weighted by Gasteiger charge is 2.50. The number of piperidine rings is 1. The Hall–Kier alpha value is -2.00. The Morgan fingerprint density at radius 1 is 1.07 bits per heavy atom. The molecule has 27 heavy (non-hydrogen) atoms. The van der Waals surface area contributed by atoms with Gasteiger partial charge in [-0.2, -0.15) is 0 Å². The van der Waals surface area contributed by atoms with Crippen molar-refractivity contribution in [2.75, 3.05) is 13.7 Å². The first-order valence-electron chi connectivity index (χ1n) is 9.82. The van der Waals surface area contributed by atoms with Crippen molar-refractivity contribution in [3.8, 4) is 5.75 Å². The molecule has 0 radical (unpaired) electrons. The van der Waals surface area contributed by atoms with E-state index in [-0.39, 0.29) is 22.7 Å². The van der Waals surface area contributed by atoms with Gasteiger partial charge in [0.2, 0.25) is 0 Å². The van der Waals surface area contributed by atoms with Crippen molar-refractivity contribution < 1.29 is 9.53 Å². The summed E-state index contributed by atoms with van der Waals surface area (Å²) in [6.07, 6.45) is 5.32. The zero-order chi connectivity index (χ0) is 18.9. The number of halogens is 1. The third-order valence-corrected chi connectivity index (χ3v) is 6.90. The van der Waals surface area contributed by atoms with E-state index in [9.17, 15) is 4.79 Å². The van der Waals surface area contributed by atoms with Crippen molar-refractivity contribution in [3.63, 3.8) is 0 Å². The van der Waals surface area contributed by atoms with E-state index in [4.69, 9.17) is 16.3 Å². The van der Waals surface area contributed by atoms with E-state index in [1.807, 2.05) is 35.2 Å². The number of likely N-dealkylation sites (tertiary alicyclic amines) is 1. The monoisotopic (exact) mass is 383 g/mol. The van der Waals surface area contributed by atoms with Gasteiger partial charge in [-0.3, -0.25) is 4.79 Å². The van der Waals surface area contributed by atoms with Crippen molar-refractivity contribution in [1.82, 2.24) is 4.90 Å². The van der Waals surface area contributed by atoms with Crippen LogP contribution < -0.4 is 4.74 Å². The molecule has 2 aliphatic rings. The molecule has 2 aromatic carbocycles. The van der Waals surface area contributed by atoms with Crippen LogP contribution in [0.2, 0.25) is 0 Å². The van der Waals surface area contributed by atoms with E-state index in [0.717, 1.165) is 19.3 Å². The topological polar surface area (TPSA) is 29.5 Å². The quantitative estimate of drug-likeness (QED) is 0.659. The number of hydrogen-bond acceptors (Lipinski definition) is 2. The van der Waals surface area contributed by atoms with Gasteiger partial charge in [0.15, 0.2) is 0 Å². The Morgan fingerprint density at radius 2 is 1.81 bits per heavy atom. The number of carbonyl (C=O) groups is 1. The summed E-state index contributed by atoms with van der Waals surface area (Å²) >= 11 is 7.13. The molecule has 3 atom stereocenters. The predicted octanol–water partition coefficient (Wildman–Crippen LogP) is 5.45. The zero-order valence-corrected chi connectivity index (χ0v) is 16.5. The summed E-state index contributed by atoms with van der Waals surface area (Å²) in [4.78, 5) is 15.4. The van der Waals surface area contributed by atoms with Crippen LogP contribution >= 0.6 is 11.6 Å². The minimum absolute atomic E-state index is 0.00941. The number of carbonyl (C=O) groups excluding carboxylic acids is 1. The highest BCUT2D eigenvalue weighted by molar-refractivity contribution is 6.24. The third-order valence-electron chi connectivity index (χ3n) is 6.25. The van der Waals surface area contributed by atoms with E-state index in [2.05, 4.69) is 24.3 Å². The van der Waals surface area contributed by atoms with E-state index in [1.54, 1.807) is 7.11 Å². The van der Waals surface area contributed by atoms with Gasteiger partial charge in [0.25, 0.3) is 5.91 Å². The number of nitrogens with zero attached hydrogens (tertiary/aromatic N) is 1. The average Bonchev–Trinajstić information content (AvgIpc) is 2.72. The Balaban J connectivity index is 1.75. The van der Waals surface area contributed by atoms with Crippen LogP contribution in [0.5, 0.6) is 5.75 Å². The average molecular weight is 384 g/mol. The second kappa shape index (κ2) is 7.55. The number of benzene rings is 2. The summed E-state index contributed by atoms with van der Waals surface area (Å²) < 4.78 is 5.45. The smallest absolute Gasteiger partial charge is 0.258 e. The molecule has 0 N–H and O–H groups in total. The fourth-order valence-electron chi connectivity index (χ4n) is 4.91. The van der Waals surface area contributed by atoms with Gasteiger partial charge in [0.1, 0.15) is 5.75 Å². The molecule has 2 fully saturated rings. The summed E-state index contributed by atoms with van der Waals surface area (Å²) in [5, 5.41) is 0. The van der Waals surface area contributed by atoms with Crippen molar-refractivity contribution >= 4 is 17.5 Å². The van der Waals surface area contributed by atoms with Crippen LogP contribution in [0, 0.1) is 5.92 Å². The number of alkyl halides is 1. The molecule has 1 aliphatic carbocycles. The second-order valence-electron chi connectivity index (χ2n) is 7.69. The number of ether oxygens (including phenoxy) is 1. The normalized spacial score (nSPS) is 27.7. The molecule has 4 rings (SSSR count). The molecule has 2 aromatic rings. The largest absolute Gasteiger partial charge is 0.496 e. The van der Waals surface area contributed by atoms with E-state index in [0.29, 0.717) is 17.9 Å². The lowest BCUT2D eigenvalue weighted by Crippen LogP contribution is -2.53. The molecular formula is C23H26ClNO2.